The fourth-order valence-corrected chi connectivity index (χ4v) is 1.29. The number of hydrogen-bond donors (Lipinski definition) is 2. The summed E-state index contributed by atoms with van der Waals surface area (Å²) < 4.78 is 0. The summed E-state index contributed by atoms with van der Waals surface area (Å²) in [6, 6.07) is 0.322. The molecule has 1 amide bonds. The molecular formula is C8H16N2O. The van der Waals surface area contributed by atoms with Crippen LogP contribution in [0.2, 0.25) is 0 Å². The molecule has 1 aliphatic rings. The first-order valence-electron chi connectivity index (χ1n) is 4.24. The second-order valence-electron chi connectivity index (χ2n) is 3.31. The molecule has 1 fully saturated rings. The van der Waals surface area contributed by atoms with Gasteiger partial charge in [0.1, 0.15) is 0 Å². The van der Waals surface area contributed by atoms with Crippen LogP contribution in [0.15, 0.2) is 0 Å². The molecule has 0 aromatic rings. The molecule has 0 bridgehead atoms. The average Bonchev–Trinajstić information content (AvgIpc) is 2.35. The van der Waals surface area contributed by atoms with Crippen LogP contribution >= 0.6 is 0 Å². The van der Waals surface area contributed by atoms with Gasteiger partial charge in [0, 0.05) is 6.04 Å². The van der Waals surface area contributed by atoms with E-state index in [1.54, 1.807) is 0 Å². The lowest BCUT2D eigenvalue weighted by atomic mass is 10.2. The van der Waals surface area contributed by atoms with Gasteiger partial charge in [-0.2, -0.15) is 0 Å². The number of carbonyl (C=O) groups excluding carboxylic acids is 1. The molecule has 0 unspecified atom stereocenters. The van der Waals surface area contributed by atoms with E-state index in [0.29, 0.717) is 0 Å². The Hall–Kier alpha value is -0.570. The summed E-state index contributed by atoms with van der Waals surface area (Å²) in [5.41, 5.74) is 0. The molecule has 3 nitrogen and oxygen atoms in total. The maximum Gasteiger partial charge on any atom is 0.237 e. The minimum absolute atomic E-state index is 0.0670. The van der Waals surface area contributed by atoms with Crippen LogP contribution in [0.3, 0.4) is 0 Å². The van der Waals surface area contributed by atoms with Crippen molar-refractivity contribution in [3.63, 3.8) is 0 Å². The molecule has 0 aliphatic carbocycles. The normalized spacial score (nSPS) is 24.1. The maximum absolute atomic E-state index is 11.3. The molecule has 11 heavy (non-hydrogen) atoms. The Balaban J connectivity index is 2.28. The standard InChI is InChI=1S/C8H16N2O/c1-6(2)10-8(11)7-4-3-5-9-7/h6-7,9H,3-5H2,1-2H3,(H,10,11)/t7-/m0/s1. The third-order valence-corrected chi connectivity index (χ3v) is 1.81. The molecule has 0 aromatic carbocycles. The van der Waals surface area contributed by atoms with Crippen molar-refractivity contribution in [1.82, 2.24) is 10.6 Å². The van der Waals surface area contributed by atoms with Crippen molar-refractivity contribution in [2.45, 2.75) is 38.8 Å². The van der Waals surface area contributed by atoms with Gasteiger partial charge in [-0.15, -0.1) is 0 Å². The van der Waals surface area contributed by atoms with Gasteiger partial charge in [-0.05, 0) is 33.2 Å². The molecule has 64 valence electrons. The molecular weight excluding hydrogens is 140 g/mol. The van der Waals surface area contributed by atoms with Crippen LogP contribution in [0, 0.1) is 0 Å². The Bertz CT molecular complexity index is 139. The zero-order valence-electron chi connectivity index (χ0n) is 7.18. The number of rotatable bonds is 2. The van der Waals surface area contributed by atoms with E-state index in [4.69, 9.17) is 0 Å². The van der Waals surface area contributed by atoms with Crippen LogP contribution in [0.1, 0.15) is 26.7 Å². The Morgan fingerprint density at radius 3 is 2.82 bits per heavy atom. The molecule has 1 heterocycles. The highest BCUT2D eigenvalue weighted by Gasteiger charge is 2.21. The Morgan fingerprint density at radius 2 is 2.36 bits per heavy atom. The summed E-state index contributed by atoms with van der Waals surface area (Å²) in [6.45, 7) is 4.94. The van der Waals surface area contributed by atoms with Gasteiger partial charge < -0.3 is 10.6 Å². The fraction of sp³-hybridized carbons (Fsp3) is 0.875. The molecule has 1 atom stereocenters. The van der Waals surface area contributed by atoms with Gasteiger partial charge in [0.25, 0.3) is 0 Å². The molecule has 0 saturated carbocycles. The molecule has 1 rings (SSSR count). The second-order valence-corrected chi connectivity index (χ2v) is 3.31. The largest absolute Gasteiger partial charge is 0.353 e. The third-order valence-electron chi connectivity index (χ3n) is 1.81. The highest BCUT2D eigenvalue weighted by Crippen LogP contribution is 2.04. The molecule has 0 spiro atoms. The van der Waals surface area contributed by atoms with Gasteiger partial charge >= 0.3 is 0 Å². The average molecular weight is 156 g/mol. The van der Waals surface area contributed by atoms with E-state index in [-0.39, 0.29) is 18.0 Å². The number of nitrogens with one attached hydrogen (secondary N) is 2. The predicted molar refractivity (Wildman–Crippen MR) is 44.3 cm³/mol. The second kappa shape index (κ2) is 3.72. The lowest BCUT2D eigenvalue weighted by Gasteiger charge is -2.13. The summed E-state index contributed by atoms with van der Waals surface area (Å²) in [4.78, 5) is 11.3. The number of hydrogen-bond acceptors (Lipinski definition) is 2. The van der Waals surface area contributed by atoms with E-state index in [1.165, 1.54) is 0 Å². The predicted octanol–water partition coefficient (Wildman–Crippen LogP) is 0.263. The Morgan fingerprint density at radius 1 is 1.64 bits per heavy atom. The highest BCUT2D eigenvalue weighted by atomic mass is 16.2. The van der Waals surface area contributed by atoms with Gasteiger partial charge in [0.05, 0.1) is 6.04 Å². The molecule has 0 radical (unpaired) electrons. The van der Waals surface area contributed by atoms with Gasteiger partial charge in [-0.3, -0.25) is 4.79 Å². The fourth-order valence-electron chi connectivity index (χ4n) is 1.29. The molecule has 0 aromatic heterocycles. The van der Waals surface area contributed by atoms with E-state index in [0.717, 1.165) is 19.4 Å². The van der Waals surface area contributed by atoms with Crippen molar-refractivity contribution < 1.29 is 4.79 Å². The van der Waals surface area contributed by atoms with Crippen molar-refractivity contribution in [2.24, 2.45) is 0 Å². The first-order chi connectivity index (χ1) is 5.20. The van der Waals surface area contributed by atoms with Gasteiger partial charge in [-0.1, -0.05) is 0 Å². The smallest absolute Gasteiger partial charge is 0.237 e. The summed E-state index contributed by atoms with van der Waals surface area (Å²) in [5, 5.41) is 6.03. The zero-order valence-corrected chi connectivity index (χ0v) is 7.18. The SMILES string of the molecule is CC(C)NC(=O)[C@@H]1CCCN1. The third kappa shape index (κ3) is 2.50. The zero-order chi connectivity index (χ0) is 8.27. The first-order valence-corrected chi connectivity index (χ1v) is 4.24. The summed E-state index contributed by atoms with van der Waals surface area (Å²) in [7, 11) is 0. The van der Waals surface area contributed by atoms with Crippen LogP contribution in [0.5, 0.6) is 0 Å². The van der Waals surface area contributed by atoms with Crippen molar-refractivity contribution in [1.29, 1.82) is 0 Å². The topological polar surface area (TPSA) is 41.1 Å². The minimum atomic E-state index is 0.0670. The first kappa shape index (κ1) is 8.53. The van der Waals surface area contributed by atoms with E-state index < -0.39 is 0 Å². The van der Waals surface area contributed by atoms with E-state index in [9.17, 15) is 4.79 Å². The van der Waals surface area contributed by atoms with Gasteiger partial charge in [-0.25, -0.2) is 0 Å². The Labute approximate surface area is 67.5 Å². The quantitative estimate of drug-likeness (QED) is 0.602. The van der Waals surface area contributed by atoms with Crippen LogP contribution in [0.4, 0.5) is 0 Å². The van der Waals surface area contributed by atoms with Crippen LogP contribution in [-0.2, 0) is 4.79 Å². The van der Waals surface area contributed by atoms with Gasteiger partial charge in [0.2, 0.25) is 5.91 Å². The van der Waals surface area contributed by atoms with Crippen molar-refractivity contribution >= 4 is 5.91 Å². The molecule has 1 aliphatic heterocycles. The van der Waals surface area contributed by atoms with E-state index in [1.807, 2.05) is 13.8 Å². The van der Waals surface area contributed by atoms with Crippen LogP contribution < -0.4 is 10.6 Å². The highest BCUT2D eigenvalue weighted by molar-refractivity contribution is 5.82. The van der Waals surface area contributed by atoms with Gasteiger partial charge in [0.15, 0.2) is 0 Å². The summed E-state index contributed by atoms with van der Waals surface area (Å²) in [5.74, 6) is 0.150. The lowest BCUT2D eigenvalue weighted by Crippen LogP contribution is -2.43. The minimum Gasteiger partial charge on any atom is -0.353 e. The number of amides is 1. The Kier molecular flexibility index (Phi) is 2.88. The summed E-state index contributed by atoms with van der Waals surface area (Å²) >= 11 is 0. The van der Waals surface area contributed by atoms with E-state index in [2.05, 4.69) is 10.6 Å². The van der Waals surface area contributed by atoms with Crippen molar-refractivity contribution in [2.75, 3.05) is 6.54 Å². The lowest BCUT2D eigenvalue weighted by molar-refractivity contribution is -0.123. The molecule has 3 heteroatoms. The monoisotopic (exact) mass is 156 g/mol. The molecule has 2 N–H and O–H groups in total. The van der Waals surface area contributed by atoms with Crippen LogP contribution in [0.25, 0.3) is 0 Å². The summed E-state index contributed by atoms with van der Waals surface area (Å²) in [6.07, 6.45) is 2.11. The van der Waals surface area contributed by atoms with Crippen LogP contribution in [-0.4, -0.2) is 24.5 Å². The molecule has 1 saturated heterocycles. The number of carbonyl (C=O) groups is 1. The van der Waals surface area contributed by atoms with Crippen molar-refractivity contribution in [3.8, 4) is 0 Å². The van der Waals surface area contributed by atoms with Crippen molar-refractivity contribution in [3.05, 3.63) is 0 Å². The van der Waals surface area contributed by atoms with E-state index >= 15 is 0 Å². The maximum atomic E-state index is 11.3.